The number of hydrogen-bond donors (Lipinski definition) is 1. The zero-order valence-corrected chi connectivity index (χ0v) is 16.3. The molecule has 1 aromatic carbocycles. The molecule has 0 spiro atoms. The van der Waals surface area contributed by atoms with Crippen molar-refractivity contribution < 1.29 is 9.53 Å². The second kappa shape index (κ2) is 7.40. The van der Waals surface area contributed by atoms with Crippen molar-refractivity contribution in [1.29, 1.82) is 0 Å². The van der Waals surface area contributed by atoms with Crippen LogP contribution in [0.4, 0.5) is 5.69 Å². The molecule has 1 amide bonds. The highest BCUT2D eigenvalue weighted by molar-refractivity contribution is 6.30. The monoisotopic (exact) mass is 385 g/mol. The Hall–Kier alpha value is -2.86. The fourth-order valence-corrected chi connectivity index (χ4v) is 2.83. The number of nitrogens with zero attached hydrogens (tertiary/aromatic N) is 2. The summed E-state index contributed by atoms with van der Waals surface area (Å²) in [5.74, 6) is 0.203. The van der Waals surface area contributed by atoms with E-state index < -0.39 is 17.6 Å². The van der Waals surface area contributed by atoms with Crippen molar-refractivity contribution in [2.45, 2.75) is 33.8 Å². The molecule has 3 rings (SSSR count). The van der Waals surface area contributed by atoms with Crippen molar-refractivity contribution in [3.63, 3.8) is 0 Å². The summed E-state index contributed by atoms with van der Waals surface area (Å²) in [6.07, 6.45) is 0.682. The maximum absolute atomic E-state index is 12.7. The molecule has 6 nitrogen and oxygen atoms in total. The molecular weight excluding hydrogens is 366 g/mol. The minimum absolute atomic E-state index is 0.108. The molecule has 0 saturated heterocycles. The smallest absolute Gasteiger partial charge is 0.281 e. The van der Waals surface area contributed by atoms with E-state index in [4.69, 9.17) is 16.3 Å². The second-order valence-corrected chi connectivity index (χ2v) is 6.91. The number of pyridine rings is 1. The highest BCUT2D eigenvalue weighted by atomic mass is 35.5. The predicted octanol–water partition coefficient (Wildman–Crippen LogP) is 3.68. The minimum Gasteiger partial charge on any atom is -0.481 e. The molecule has 0 saturated carbocycles. The molecule has 0 fully saturated rings. The number of rotatable bonds is 4. The third kappa shape index (κ3) is 3.95. The Balaban J connectivity index is 1.87. The lowest BCUT2D eigenvalue weighted by atomic mass is 10.1. The number of aromatic nitrogens is 2. The molecule has 2 heterocycles. The number of carbonyl (C=O) groups is 1. The average Bonchev–Trinajstić information content (AvgIpc) is 2.62. The quantitative estimate of drug-likeness (QED) is 0.743. The van der Waals surface area contributed by atoms with Crippen LogP contribution in [0.25, 0.3) is 5.65 Å². The van der Waals surface area contributed by atoms with Gasteiger partial charge in [-0.05, 0) is 57.0 Å². The number of aryl methyl sites for hydroxylation is 3. The van der Waals surface area contributed by atoms with Crippen molar-refractivity contribution in [2.24, 2.45) is 0 Å². The maximum atomic E-state index is 12.7. The van der Waals surface area contributed by atoms with Crippen molar-refractivity contribution in [2.75, 3.05) is 5.32 Å². The van der Waals surface area contributed by atoms with Gasteiger partial charge in [-0.15, -0.1) is 0 Å². The molecule has 7 heteroatoms. The summed E-state index contributed by atoms with van der Waals surface area (Å²) < 4.78 is 7.09. The topological polar surface area (TPSA) is 72.7 Å². The van der Waals surface area contributed by atoms with Crippen LogP contribution in [0.1, 0.15) is 23.7 Å². The zero-order valence-electron chi connectivity index (χ0n) is 15.5. The van der Waals surface area contributed by atoms with Crippen molar-refractivity contribution in [3.05, 3.63) is 68.7 Å². The number of benzene rings is 1. The Morgan fingerprint density at radius 2 is 1.96 bits per heavy atom. The Bertz CT molecular complexity index is 1090. The van der Waals surface area contributed by atoms with Crippen LogP contribution < -0.4 is 15.6 Å². The Morgan fingerprint density at radius 3 is 2.70 bits per heavy atom. The van der Waals surface area contributed by atoms with Gasteiger partial charge in [0.15, 0.2) is 6.10 Å². The first kappa shape index (κ1) is 18.9. The Kier molecular flexibility index (Phi) is 5.19. The van der Waals surface area contributed by atoms with E-state index in [1.807, 2.05) is 32.0 Å². The van der Waals surface area contributed by atoms with Crippen LogP contribution >= 0.6 is 11.6 Å². The number of amides is 1. The Labute approximate surface area is 161 Å². The van der Waals surface area contributed by atoms with E-state index in [-0.39, 0.29) is 5.69 Å². The fourth-order valence-electron chi connectivity index (χ4n) is 2.67. The van der Waals surface area contributed by atoms with E-state index in [1.54, 1.807) is 26.0 Å². The van der Waals surface area contributed by atoms with Crippen LogP contribution in [0.15, 0.2) is 41.3 Å². The SMILES string of the molecule is Cc1ccc(C)c(OC(C)C(=O)Nc2c(C)nc3ccc(Cl)cn3c2=O)c1. The summed E-state index contributed by atoms with van der Waals surface area (Å²) >= 11 is 5.96. The Morgan fingerprint density at radius 1 is 1.22 bits per heavy atom. The van der Waals surface area contributed by atoms with Crippen molar-refractivity contribution in [1.82, 2.24) is 9.38 Å². The van der Waals surface area contributed by atoms with E-state index in [1.165, 1.54) is 10.6 Å². The molecule has 0 aliphatic rings. The summed E-state index contributed by atoms with van der Waals surface area (Å²) in [6.45, 7) is 7.16. The van der Waals surface area contributed by atoms with Gasteiger partial charge in [-0.3, -0.25) is 14.0 Å². The molecule has 1 atom stereocenters. The van der Waals surface area contributed by atoms with E-state index in [0.717, 1.165) is 11.1 Å². The summed E-state index contributed by atoms with van der Waals surface area (Å²) in [6, 6.07) is 9.08. The predicted molar refractivity (Wildman–Crippen MR) is 106 cm³/mol. The van der Waals surface area contributed by atoms with Crippen LogP contribution in [0.3, 0.4) is 0 Å². The van der Waals surface area contributed by atoms with E-state index in [2.05, 4.69) is 10.3 Å². The van der Waals surface area contributed by atoms with E-state index in [9.17, 15) is 9.59 Å². The number of fused-ring (bicyclic) bond motifs is 1. The van der Waals surface area contributed by atoms with Gasteiger partial charge in [-0.1, -0.05) is 23.7 Å². The number of hydrogen-bond acceptors (Lipinski definition) is 4. The van der Waals surface area contributed by atoms with Gasteiger partial charge in [0.2, 0.25) is 0 Å². The number of nitrogens with one attached hydrogen (secondary N) is 1. The summed E-state index contributed by atoms with van der Waals surface area (Å²) in [7, 11) is 0. The zero-order chi connectivity index (χ0) is 19.7. The van der Waals surface area contributed by atoms with Gasteiger partial charge in [0.05, 0.1) is 10.7 Å². The first-order chi connectivity index (χ1) is 12.8. The van der Waals surface area contributed by atoms with Gasteiger partial charge in [-0.25, -0.2) is 4.98 Å². The molecule has 27 heavy (non-hydrogen) atoms. The van der Waals surface area contributed by atoms with Crippen LogP contribution in [-0.4, -0.2) is 21.4 Å². The van der Waals surface area contributed by atoms with Gasteiger partial charge in [0.1, 0.15) is 17.1 Å². The molecule has 0 aliphatic carbocycles. The molecule has 2 aromatic heterocycles. The number of ether oxygens (including phenoxy) is 1. The maximum Gasteiger partial charge on any atom is 0.281 e. The standard InChI is InChI=1S/C20H20ClN3O3/c1-11-5-6-12(2)16(9-11)27-14(4)19(25)23-18-13(3)22-17-8-7-15(21)10-24(17)20(18)26/h5-10,14H,1-4H3,(H,23,25). The summed E-state index contributed by atoms with van der Waals surface area (Å²) in [5.41, 5.74) is 2.56. The van der Waals surface area contributed by atoms with Gasteiger partial charge in [0, 0.05) is 6.20 Å². The molecule has 0 bridgehead atoms. The summed E-state index contributed by atoms with van der Waals surface area (Å²) in [4.78, 5) is 29.7. The highest BCUT2D eigenvalue weighted by Crippen LogP contribution is 2.21. The fraction of sp³-hybridized carbons (Fsp3) is 0.250. The van der Waals surface area contributed by atoms with Gasteiger partial charge in [-0.2, -0.15) is 0 Å². The van der Waals surface area contributed by atoms with Crippen LogP contribution in [0.2, 0.25) is 5.02 Å². The lowest BCUT2D eigenvalue weighted by molar-refractivity contribution is -0.122. The molecular formula is C20H20ClN3O3. The van der Waals surface area contributed by atoms with Crippen molar-refractivity contribution in [3.8, 4) is 5.75 Å². The third-order valence-electron chi connectivity index (χ3n) is 4.23. The molecule has 0 aliphatic heterocycles. The van der Waals surface area contributed by atoms with Crippen molar-refractivity contribution >= 4 is 28.8 Å². The average molecular weight is 386 g/mol. The van der Waals surface area contributed by atoms with Crippen LogP contribution in [0, 0.1) is 20.8 Å². The first-order valence-electron chi connectivity index (χ1n) is 8.49. The molecule has 0 radical (unpaired) electrons. The van der Waals surface area contributed by atoms with Crippen LogP contribution in [-0.2, 0) is 4.79 Å². The third-order valence-corrected chi connectivity index (χ3v) is 4.46. The molecule has 3 aromatic rings. The largest absolute Gasteiger partial charge is 0.481 e. The van der Waals surface area contributed by atoms with E-state index in [0.29, 0.717) is 22.1 Å². The van der Waals surface area contributed by atoms with Gasteiger partial charge < -0.3 is 10.1 Å². The number of halogens is 1. The second-order valence-electron chi connectivity index (χ2n) is 6.47. The van der Waals surface area contributed by atoms with Gasteiger partial charge >= 0.3 is 0 Å². The normalized spacial score (nSPS) is 12.0. The lowest BCUT2D eigenvalue weighted by Crippen LogP contribution is -2.33. The van der Waals surface area contributed by atoms with Gasteiger partial charge in [0.25, 0.3) is 11.5 Å². The van der Waals surface area contributed by atoms with E-state index >= 15 is 0 Å². The number of carbonyl (C=O) groups excluding carboxylic acids is 1. The van der Waals surface area contributed by atoms with Crippen LogP contribution in [0.5, 0.6) is 5.75 Å². The number of anilines is 1. The summed E-state index contributed by atoms with van der Waals surface area (Å²) in [5, 5.41) is 3.04. The lowest BCUT2D eigenvalue weighted by Gasteiger charge is -2.17. The molecule has 140 valence electrons. The molecule has 1 unspecified atom stereocenters. The highest BCUT2D eigenvalue weighted by Gasteiger charge is 2.19. The minimum atomic E-state index is -0.788. The molecule has 1 N–H and O–H groups in total. The first-order valence-corrected chi connectivity index (χ1v) is 8.87.